The van der Waals surface area contributed by atoms with Crippen molar-refractivity contribution < 1.29 is 0 Å². The van der Waals surface area contributed by atoms with Crippen LogP contribution >= 0.6 is 39.1 Å². The van der Waals surface area contributed by atoms with Gasteiger partial charge in [0.05, 0.1) is 0 Å². The van der Waals surface area contributed by atoms with Crippen LogP contribution in [0.5, 0.6) is 0 Å². The largest absolute Gasteiger partial charge is 0.217 e. The van der Waals surface area contributed by atoms with Gasteiger partial charge in [0.1, 0.15) is 14.9 Å². The van der Waals surface area contributed by atoms with Gasteiger partial charge in [-0.1, -0.05) is 23.2 Å². The molecule has 0 radical (unpaired) electrons. The van der Waals surface area contributed by atoms with Crippen LogP contribution in [0.1, 0.15) is 0 Å². The van der Waals surface area contributed by atoms with Crippen LogP contribution in [0.3, 0.4) is 0 Å². The molecular weight excluding hydrogens is 265 g/mol. The quantitative estimate of drug-likeness (QED) is 0.687. The summed E-state index contributed by atoms with van der Waals surface area (Å²) in [5.74, 6) is 0. The second-order valence-corrected chi connectivity index (χ2v) is 3.73. The minimum Gasteiger partial charge on any atom is -0.217 e. The van der Waals surface area contributed by atoms with Crippen molar-refractivity contribution in [1.29, 1.82) is 0 Å². The van der Waals surface area contributed by atoms with Crippen molar-refractivity contribution in [2.45, 2.75) is 0 Å². The Morgan fingerprint density at radius 2 is 2.08 bits per heavy atom. The molecule has 3 nitrogen and oxygen atoms in total. The van der Waals surface area contributed by atoms with Crippen LogP contribution in [0.25, 0.3) is 5.65 Å². The van der Waals surface area contributed by atoms with Crippen LogP contribution in [0, 0.1) is 0 Å². The topological polar surface area (TPSA) is 30.2 Å². The van der Waals surface area contributed by atoms with E-state index in [1.165, 1.54) is 10.6 Å². The first-order chi connectivity index (χ1) is 5.66. The van der Waals surface area contributed by atoms with Gasteiger partial charge in [-0.05, 0) is 15.9 Å². The highest BCUT2D eigenvalue weighted by atomic mass is 79.9. The third-order valence-electron chi connectivity index (χ3n) is 1.32. The lowest BCUT2D eigenvalue weighted by Crippen LogP contribution is -1.91. The molecule has 0 saturated heterocycles. The predicted octanol–water partition coefficient (Wildman–Crippen LogP) is 2.80. The molecule has 0 unspecified atom stereocenters. The first-order valence-electron chi connectivity index (χ1n) is 3.04. The van der Waals surface area contributed by atoms with Gasteiger partial charge in [-0.3, -0.25) is 0 Å². The summed E-state index contributed by atoms with van der Waals surface area (Å²) >= 11 is 14.7. The van der Waals surface area contributed by atoms with E-state index in [0.717, 1.165) is 0 Å². The van der Waals surface area contributed by atoms with Gasteiger partial charge in [-0.2, -0.15) is 5.10 Å². The van der Waals surface area contributed by atoms with E-state index >= 15 is 0 Å². The van der Waals surface area contributed by atoms with Crippen LogP contribution in [-0.2, 0) is 0 Å². The van der Waals surface area contributed by atoms with Crippen LogP contribution in [0.4, 0.5) is 0 Å². The number of rotatable bonds is 0. The lowest BCUT2D eigenvalue weighted by atomic mass is 10.6. The molecule has 6 heteroatoms. The second-order valence-electron chi connectivity index (χ2n) is 2.14. The fourth-order valence-corrected chi connectivity index (χ4v) is 1.72. The van der Waals surface area contributed by atoms with E-state index in [1.807, 2.05) is 0 Å². The Bertz CT molecular complexity index is 440. The Kier molecular flexibility index (Phi) is 1.98. The maximum Gasteiger partial charge on any atom is 0.159 e. The van der Waals surface area contributed by atoms with Gasteiger partial charge in [-0.15, -0.1) is 0 Å². The molecule has 0 aliphatic heterocycles. The number of fused-ring (bicyclic) bond motifs is 1. The van der Waals surface area contributed by atoms with Crippen LogP contribution < -0.4 is 0 Å². The average Bonchev–Trinajstić information content (AvgIpc) is 2.29. The molecule has 0 bridgehead atoms. The van der Waals surface area contributed by atoms with Crippen LogP contribution in [-0.4, -0.2) is 14.6 Å². The molecule has 2 heterocycles. The summed E-state index contributed by atoms with van der Waals surface area (Å²) in [6.45, 7) is 0. The average molecular weight is 267 g/mol. The molecule has 0 atom stereocenters. The summed E-state index contributed by atoms with van der Waals surface area (Å²) in [6.07, 6.45) is 0. The molecule has 0 fully saturated rings. The second kappa shape index (κ2) is 2.87. The Labute approximate surface area is 86.4 Å². The first kappa shape index (κ1) is 8.29. The zero-order valence-corrected chi connectivity index (χ0v) is 8.73. The molecule has 2 aromatic heterocycles. The first-order valence-corrected chi connectivity index (χ1v) is 4.59. The Morgan fingerprint density at radius 1 is 1.33 bits per heavy atom. The van der Waals surface area contributed by atoms with Gasteiger partial charge in [0.25, 0.3) is 0 Å². The Balaban J connectivity index is 2.88. The highest BCUT2D eigenvalue weighted by molar-refractivity contribution is 9.10. The van der Waals surface area contributed by atoms with Gasteiger partial charge in [0.2, 0.25) is 0 Å². The maximum atomic E-state index is 5.83. The summed E-state index contributed by atoms with van der Waals surface area (Å²) in [7, 11) is 0. The Hall–Kier alpha value is -0.320. The van der Waals surface area contributed by atoms with Gasteiger partial charge in [0, 0.05) is 12.1 Å². The van der Waals surface area contributed by atoms with Gasteiger partial charge in [0.15, 0.2) is 5.65 Å². The number of halogens is 3. The van der Waals surface area contributed by atoms with E-state index in [9.17, 15) is 0 Å². The summed E-state index contributed by atoms with van der Waals surface area (Å²) in [5, 5.41) is 4.84. The van der Waals surface area contributed by atoms with Crippen molar-refractivity contribution >= 4 is 44.8 Å². The lowest BCUT2D eigenvalue weighted by Gasteiger charge is -1.95. The van der Waals surface area contributed by atoms with Crippen molar-refractivity contribution in [2.75, 3.05) is 0 Å². The van der Waals surface area contributed by atoms with E-state index in [1.54, 1.807) is 6.07 Å². The molecule has 0 saturated carbocycles. The number of nitrogens with zero attached hydrogens (tertiary/aromatic N) is 3. The highest BCUT2D eigenvalue weighted by Gasteiger charge is 2.04. The minimum absolute atomic E-state index is 0.361. The zero-order valence-electron chi connectivity index (χ0n) is 5.63. The van der Waals surface area contributed by atoms with Crippen LogP contribution in [0.15, 0.2) is 16.7 Å². The minimum atomic E-state index is 0.361. The number of hydrogen-bond acceptors (Lipinski definition) is 2. The molecule has 0 aliphatic carbocycles. The fraction of sp³-hybridized carbons (Fsp3) is 0. The van der Waals surface area contributed by atoms with Gasteiger partial charge >= 0.3 is 0 Å². The molecule has 0 spiro atoms. The van der Waals surface area contributed by atoms with Gasteiger partial charge in [-0.25, -0.2) is 9.50 Å². The SMILES string of the molecule is Clc1cc(Cl)n2nc(Br)cc2n1. The van der Waals surface area contributed by atoms with E-state index < -0.39 is 0 Å². The third kappa shape index (κ3) is 1.30. The summed E-state index contributed by atoms with van der Waals surface area (Å²) in [6, 6.07) is 3.27. The van der Waals surface area contributed by atoms with E-state index in [4.69, 9.17) is 23.2 Å². The molecule has 2 rings (SSSR count). The van der Waals surface area contributed by atoms with Crippen molar-refractivity contribution in [3.05, 3.63) is 27.0 Å². The predicted molar refractivity (Wildman–Crippen MR) is 50.7 cm³/mol. The van der Waals surface area contributed by atoms with Gasteiger partial charge < -0.3 is 0 Å². The van der Waals surface area contributed by atoms with Crippen molar-refractivity contribution in [3.8, 4) is 0 Å². The molecule has 0 aromatic carbocycles. The molecule has 0 amide bonds. The van der Waals surface area contributed by atoms with E-state index in [-0.39, 0.29) is 0 Å². The smallest absolute Gasteiger partial charge is 0.159 e. The summed E-state index contributed by atoms with van der Waals surface area (Å²) < 4.78 is 2.18. The fourth-order valence-electron chi connectivity index (χ4n) is 0.881. The zero-order chi connectivity index (χ0) is 8.72. The van der Waals surface area contributed by atoms with Crippen LogP contribution in [0.2, 0.25) is 10.3 Å². The molecule has 62 valence electrons. The summed E-state index contributed by atoms with van der Waals surface area (Å²) in [5.41, 5.74) is 0.624. The lowest BCUT2D eigenvalue weighted by molar-refractivity contribution is 0.928. The normalized spacial score (nSPS) is 10.9. The monoisotopic (exact) mass is 265 g/mol. The number of aromatic nitrogens is 3. The number of hydrogen-bond donors (Lipinski definition) is 0. The van der Waals surface area contributed by atoms with Crippen molar-refractivity contribution in [2.24, 2.45) is 0 Å². The molecule has 12 heavy (non-hydrogen) atoms. The molecular formula is C6H2BrCl2N3. The van der Waals surface area contributed by atoms with E-state index in [2.05, 4.69) is 26.0 Å². The van der Waals surface area contributed by atoms with E-state index in [0.29, 0.717) is 20.6 Å². The maximum absolute atomic E-state index is 5.83. The third-order valence-corrected chi connectivity index (χ3v) is 2.17. The standard InChI is InChI=1S/C6H2BrCl2N3/c7-3-1-6-10-4(8)2-5(9)12(6)11-3/h1-2H. The highest BCUT2D eigenvalue weighted by Crippen LogP contribution is 2.18. The molecule has 2 aromatic rings. The Morgan fingerprint density at radius 3 is 2.83 bits per heavy atom. The summed E-state index contributed by atoms with van der Waals surface area (Å²) in [4.78, 5) is 4.01. The molecule has 0 N–H and O–H groups in total. The van der Waals surface area contributed by atoms with Crippen molar-refractivity contribution in [1.82, 2.24) is 14.6 Å². The van der Waals surface area contributed by atoms with Crippen molar-refractivity contribution in [3.63, 3.8) is 0 Å². The molecule has 0 aliphatic rings.